The molecular formula is C59H104O6. The summed E-state index contributed by atoms with van der Waals surface area (Å²) in [6, 6.07) is 0. The Labute approximate surface area is 402 Å². The Hall–Kier alpha value is -2.89. The van der Waals surface area contributed by atoms with Crippen LogP contribution in [0.4, 0.5) is 0 Å². The average molecular weight is 909 g/mol. The molecule has 0 aliphatic rings. The molecule has 0 saturated heterocycles. The summed E-state index contributed by atoms with van der Waals surface area (Å²) in [6.07, 6.45) is 66.4. The van der Waals surface area contributed by atoms with Gasteiger partial charge in [-0.05, 0) is 96.3 Å². The molecule has 0 spiro atoms. The van der Waals surface area contributed by atoms with Crippen LogP contribution in [0.2, 0.25) is 0 Å². The number of hydrogen-bond donors (Lipinski definition) is 0. The monoisotopic (exact) mass is 909 g/mol. The fourth-order valence-electron chi connectivity index (χ4n) is 7.79. The minimum Gasteiger partial charge on any atom is -0.462 e. The van der Waals surface area contributed by atoms with Gasteiger partial charge in [0.2, 0.25) is 0 Å². The Morgan fingerprint density at radius 1 is 0.323 bits per heavy atom. The topological polar surface area (TPSA) is 78.9 Å². The molecule has 6 nitrogen and oxygen atoms in total. The predicted molar refractivity (Wildman–Crippen MR) is 279 cm³/mol. The van der Waals surface area contributed by atoms with Gasteiger partial charge in [0.05, 0.1) is 0 Å². The highest BCUT2D eigenvalue weighted by atomic mass is 16.6. The van der Waals surface area contributed by atoms with E-state index in [-0.39, 0.29) is 31.1 Å². The minimum atomic E-state index is -0.781. The molecule has 0 saturated carbocycles. The van der Waals surface area contributed by atoms with E-state index < -0.39 is 6.10 Å². The van der Waals surface area contributed by atoms with Gasteiger partial charge in [-0.3, -0.25) is 14.4 Å². The molecule has 0 fully saturated rings. The highest BCUT2D eigenvalue weighted by Crippen LogP contribution is 2.15. The van der Waals surface area contributed by atoms with Gasteiger partial charge in [-0.2, -0.15) is 0 Å². The maximum absolute atomic E-state index is 12.8. The molecule has 0 bridgehead atoms. The van der Waals surface area contributed by atoms with E-state index >= 15 is 0 Å². The number of esters is 3. The first-order chi connectivity index (χ1) is 32.0. The van der Waals surface area contributed by atoms with E-state index in [9.17, 15) is 14.4 Å². The second kappa shape index (κ2) is 53.7. The smallest absolute Gasteiger partial charge is 0.306 e. The number of rotatable bonds is 50. The molecule has 0 aromatic carbocycles. The van der Waals surface area contributed by atoms with Crippen LogP contribution in [0.25, 0.3) is 0 Å². The number of carbonyl (C=O) groups excluding carboxylic acids is 3. The molecule has 1 unspecified atom stereocenters. The molecule has 0 radical (unpaired) electrons. The van der Waals surface area contributed by atoms with Crippen molar-refractivity contribution in [2.45, 2.75) is 284 Å². The quantitative estimate of drug-likeness (QED) is 0.0262. The van der Waals surface area contributed by atoms with E-state index in [0.29, 0.717) is 19.3 Å². The summed E-state index contributed by atoms with van der Waals surface area (Å²) in [5.41, 5.74) is 0. The maximum atomic E-state index is 12.8. The second-order valence-corrected chi connectivity index (χ2v) is 18.5. The molecule has 0 heterocycles. The van der Waals surface area contributed by atoms with Crippen molar-refractivity contribution in [1.29, 1.82) is 0 Å². The SMILES string of the molecule is CC/C=C\C/C=C\C/C=C\CCCCCCCCCCCC(=O)OCC(COC(=O)CCCCCCC/C=C\CCCC)OC(=O)CCCCCCCCC/C=C\CCCCCCCC. The van der Waals surface area contributed by atoms with E-state index in [1.807, 2.05) is 0 Å². The summed E-state index contributed by atoms with van der Waals surface area (Å²) in [7, 11) is 0. The van der Waals surface area contributed by atoms with Crippen LogP contribution in [0.3, 0.4) is 0 Å². The molecular weight excluding hydrogens is 805 g/mol. The van der Waals surface area contributed by atoms with Crippen LogP contribution in [-0.2, 0) is 28.6 Å². The highest BCUT2D eigenvalue weighted by Gasteiger charge is 2.19. The van der Waals surface area contributed by atoms with Gasteiger partial charge in [-0.25, -0.2) is 0 Å². The van der Waals surface area contributed by atoms with E-state index in [1.165, 1.54) is 154 Å². The first-order valence-corrected chi connectivity index (χ1v) is 27.8. The van der Waals surface area contributed by atoms with Gasteiger partial charge in [0.15, 0.2) is 6.10 Å². The molecule has 65 heavy (non-hydrogen) atoms. The normalized spacial score (nSPS) is 12.5. The molecule has 0 N–H and O–H groups in total. The van der Waals surface area contributed by atoms with Gasteiger partial charge < -0.3 is 14.2 Å². The molecule has 6 heteroatoms. The summed E-state index contributed by atoms with van der Waals surface area (Å²) in [5.74, 6) is -0.892. The fourth-order valence-corrected chi connectivity index (χ4v) is 7.79. The van der Waals surface area contributed by atoms with Gasteiger partial charge in [-0.15, -0.1) is 0 Å². The van der Waals surface area contributed by atoms with E-state index in [4.69, 9.17) is 14.2 Å². The van der Waals surface area contributed by atoms with Crippen molar-refractivity contribution >= 4 is 17.9 Å². The number of allylic oxidation sites excluding steroid dienone is 10. The lowest BCUT2D eigenvalue weighted by Gasteiger charge is -2.18. The Bertz CT molecular complexity index is 1180. The van der Waals surface area contributed by atoms with Crippen molar-refractivity contribution in [1.82, 2.24) is 0 Å². The third-order valence-corrected chi connectivity index (χ3v) is 12.0. The standard InChI is InChI=1S/C59H104O6/c1-4-7-10-13-16-19-22-24-26-28-29-31-32-34-37-40-43-46-49-52-58(61)64-55-56(54-63-57(60)51-48-45-42-39-36-21-18-15-12-9-6-3)65-59(62)53-50-47-44-41-38-35-33-30-27-25-23-20-17-14-11-8-5-2/h7,10,15-16,18-19,24-27,56H,4-6,8-9,11-14,17,20-23,28-55H2,1-3H3/b10-7-,18-15-,19-16-,26-24-,27-25-. The van der Waals surface area contributed by atoms with Crippen molar-refractivity contribution in [2.75, 3.05) is 13.2 Å². The van der Waals surface area contributed by atoms with Crippen molar-refractivity contribution in [3.8, 4) is 0 Å². The molecule has 0 aromatic rings. The third kappa shape index (κ3) is 51.9. The van der Waals surface area contributed by atoms with Crippen molar-refractivity contribution in [2.24, 2.45) is 0 Å². The van der Waals surface area contributed by atoms with Crippen LogP contribution < -0.4 is 0 Å². The third-order valence-electron chi connectivity index (χ3n) is 12.0. The van der Waals surface area contributed by atoms with E-state index in [1.54, 1.807) is 0 Å². The van der Waals surface area contributed by atoms with Crippen LogP contribution in [0.1, 0.15) is 278 Å². The summed E-state index contributed by atoms with van der Waals surface area (Å²) in [5, 5.41) is 0. The summed E-state index contributed by atoms with van der Waals surface area (Å²) < 4.78 is 16.8. The number of hydrogen-bond acceptors (Lipinski definition) is 6. The summed E-state index contributed by atoms with van der Waals surface area (Å²) >= 11 is 0. The van der Waals surface area contributed by atoms with Gasteiger partial charge in [-0.1, -0.05) is 223 Å². The molecule has 376 valence electrons. The Morgan fingerprint density at radius 2 is 0.615 bits per heavy atom. The zero-order chi connectivity index (χ0) is 47.2. The lowest BCUT2D eigenvalue weighted by Crippen LogP contribution is -2.30. The lowest BCUT2D eigenvalue weighted by molar-refractivity contribution is -0.167. The molecule has 0 amide bonds. The minimum absolute atomic E-state index is 0.0806. The van der Waals surface area contributed by atoms with E-state index in [2.05, 4.69) is 81.5 Å². The first-order valence-electron chi connectivity index (χ1n) is 27.8. The van der Waals surface area contributed by atoms with Crippen LogP contribution in [-0.4, -0.2) is 37.2 Å². The summed E-state index contributed by atoms with van der Waals surface area (Å²) in [4.78, 5) is 38.1. The zero-order valence-electron chi connectivity index (χ0n) is 43.0. The maximum Gasteiger partial charge on any atom is 0.306 e. The van der Waals surface area contributed by atoms with Crippen LogP contribution in [0.15, 0.2) is 60.8 Å². The van der Waals surface area contributed by atoms with Crippen molar-refractivity contribution in [3.05, 3.63) is 60.8 Å². The first kappa shape index (κ1) is 62.1. The highest BCUT2D eigenvalue weighted by molar-refractivity contribution is 5.71. The molecule has 0 aromatic heterocycles. The lowest BCUT2D eigenvalue weighted by atomic mass is 10.1. The number of ether oxygens (including phenoxy) is 3. The van der Waals surface area contributed by atoms with Crippen molar-refractivity contribution in [3.63, 3.8) is 0 Å². The molecule has 0 aliphatic heterocycles. The second-order valence-electron chi connectivity index (χ2n) is 18.5. The largest absolute Gasteiger partial charge is 0.462 e. The molecule has 1 atom stereocenters. The van der Waals surface area contributed by atoms with Crippen LogP contribution in [0.5, 0.6) is 0 Å². The van der Waals surface area contributed by atoms with Crippen LogP contribution >= 0.6 is 0 Å². The Kier molecular flexibility index (Phi) is 51.3. The predicted octanol–water partition coefficient (Wildman–Crippen LogP) is 18.4. The van der Waals surface area contributed by atoms with Gasteiger partial charge in [0.1, 0.15) is 13.2 Å². The fraction of sp³-hybridized carbons (Fsp3) is 0.780. The van der Waals surface area contributed by atoms with Gasteiger partial charge in [0.25, 0.3) is 0 Å². The van der Waals surface area contributed by atoms with Crippen molar-refractivity contribution < 1.29 is 28.6 Å². The zero-order valence-corrected chi connectivity index (χ0v) is 43.0. The molecule has 0 rings (SSSR count). The van der Waals surface area contributed by atoms with Gasteiger partial charge in [0, 0.05) is 19.3 Å². The van der Waals surface area contributed by atoms with E-state index in [0.717, 1.165) is 83.5 Å². The number of unbranched alkanes of at least 4 members (excludes halogenated alkanes) is 29. The molecule has 0 aliphatic carbocycles. The Morgan fingerprint density at radius 3 is 1.00 bits per heavy atom. The van der Waals surface area contributed by atoms with Crippen LogP contribution in [0, 0.1) is 0 Å². The Balaban J connectivity index is 4.34. The number of carbonyl (C=O) groups is 3. The summed E-state index contributed by atoms with van der Waals surface area (Å²) in [6.45, 7) is 6.49. The van der Waals surface area contributed by atoms with Gasteiger partial charge >= 0.3 is 17.9 Å². The average Bonchev–Trinajstić information content (AvgIpc) is 3.30.